The van der Waals surface area contributed by atoms with Crippen molar-refractivity contribution in [1.82, 2.24) is 9.80 Å². The van der Waals surface area contributed by atoms with Crippen LogP contribution in [0.25, 0.3) is 0 Å². The third-order valence-corrected chi connectivity index (χ3v) is 6.83. The van der Waals surface area contributed by atoms with E-state index in [0.717, 1.165) is 39.0 Å². The van der Waals surface area contributed by atoms with Crippen molar-refractivity contribution in [2.24, 2.45) is 0 Å². The summed E-state index contributed by atoms with van der Waals surface area (Å²) < 4.78 is 31.7. The zero-order chi connectivity index (χ0) is 22.6. The van der Waals surface area contributed by atoms with E-state index in [-0.39, 0.29) is 11.3 Å². The molecule has 0 spiro atoms. The van der Waals surface area contributed by atoms with E-state index in [0.29, 0.717) is 6.04 Å². The molecule has 1 amide bonds. The summed E-state index contributed by atoms with van der Waals surface area (Å²) in [5.74, 6) is -2.54. The number of alkyl halides is 3. The molecule has 31 heavy (non-hydrogen) atoms. The number of rotatable bonds is 3. The molecule has 3 heterocycles. The summed E-state index contributed by atoms with van der Waals surface area (Å²) in [4.78, 5) is 25.7. The van der Waals surface area contributed by atoms with E-state index in [1.54, 1.807) is 18.3 Å². The molecular formula is C22H25F3N2O3S. The van der Waals surface area contributed by atoms with Crippen LogP contribution in [0.5, 0.6) is 0 Å². The van der Waals surface area contributed by atoms with Crippen molar-refractivity contribution < 1.29 is 27.9 Å². The number of piperidine rings is 1. The van der Waals surface area contributed by atoms with Gasteiger partial charge in [-0.2, -0.15) is 24.5 Å². The van der Waals surface area contributed by atoms with Crippen LogP contribution >= 0.6 is 11.3 Å². The number of carbonyl (C=O) groups excluding carboxylic acids is 1. The lowest BCUT2D eigenvalue weighted by molar-refractivity contribution is -0.192. The maximum absolute atomic E-state index is 12.2. The van der Waals surface area contributed by atoms with Gasteiger partial charge in [0, 0.05) is 32.0 Å². The minimum atomic E-state index is -5.08. The number of carbonyl (C=O) groups is 2. The lowest BCUT2D eigenvalue weighted by Gasteiger charge is -2.46. The van der Waals surface area contributed by atoms with Crippen LogP contribution in [0.15, 0.2) is 47.2 Å². The van der Waals surface area contributed by atoms with Crippen LogP contribution in [0.3, 0.4) is 0 Å². The molecule has 1 N–H and O–H groups in total. The van der Waals surface area contributed by atoms with Gasteiger partial charge in [0.15, 0.2) is 0 Å². The van der Waals surface area contributed by atoms with E-state index >= 15 is 0 Å². The summed E-state index contributed by atoms with van der Waals surface area (Å²) >= 11 is 1.76. The molecule has 0 radical (unpaired) electrons. The summed E-state index contributed by atoms with van der Waals surface area (Å²) in [6.45, 7) is 5.69. The fourth-order valence-electron chi connectivity index (χ4n) is 4.61. The molecule has 2 aliphatic rings. The average molecular weight is 455 g/mol. The minimum Gasteiger partial charge on any atom is -0.475 e. The minimum absolute atomic E-state index is 0.137. The summed E-state index contributed by atoms with van der Waals surface area (Å²) in [6.07, 6.45) is -2.86. The maximum Gasteiger partial charge on any atom is 0.490 e. The number of nitrogens with zero attached hydrogens (tertiary/aromatic N) is 2. The van der Waals surface area contributed by atoms with Gasteiger partial charge in [0.25, 0.3) is 0 Å². The molecule has 2 aliphatic heterocycles. The highest BCUT2D eigenvalue weighted by atomic mass is 32.1. The normalized spacial score (nSPS) is 23.6. The van der Waals surface area contributed by atoms with Crippen molar-refractivity contribution in [2.45, 2.75) is 43.9 Å². The van der Waals surface area contributed by atoms with Crippen LogP contribution in [-0.4, -0.2) is 58.6 Å². The van der Waals surface area contributed by atoms with Crippen LogP contribution < -0.4 is 0 Å². The van der Waals surface area contributed by atoms with E-state index in [1.165, 1.54) is 11.1 Å². The number of halogens is 3. The third kappa shape index (κ3) is 5.27. The van der Waals surface area contributed by atoms with Gasteiger partial charge < -0.3 is 10.0 Å². The van der Waals surface area contributed by atoms with Gasteiger partial charge in [-0.3, -0.25) is 9.69 Å². The number of carboxylic acids is 1. The van der Waals surface area contributed by atoms with Crippen molar-refractivity contribution >= 4 is 23.2 Å². The van der Waals surface area contributed by atoms with Gasteiger partial charge in [0.1, 0.15) is 0 Å². The first-order chi connectivity index (χ1) is 14.6. The Morgan fingerprint density at radius 1 is 1.16 bits per heavy atom. The fraction of sp³-hybridized carbons (Fsp3) is 0.455. The second-order valence-electron chi connectivity index (χ2n) is 7.92. The van der Waals surface area contributed by atoms with Crippen molar-refractivity contribution in [1.29, 1.82) is 0 Å². The molecule has 1 aromatic heterocycles. The Kier molecular flexibility index (Phi) is 7.06. The molecule has 2 fully saturated rings. The lowest BCUT2D eigenvalue weighted by atomic mass is 9.69. The first kappa shape index (κ1) is 23.3. The van der Waals surface area contributed by atoms with Crippen LogP contribution in [0.4, 0.5) is 13.2 Å². The smallest absolute Gasteiger partial charge is 0.475 e. The molecule has 2 unspecified atom stereocenters. The van der Waals surface area contributed by atoms with Crippen LogP contribution in [0.1, 0.15) is 30.9 Å². The summed E-state index contributed by atoms with van der Waals surface area (Å²) in [6, 6.07) is 13.4. The predicted octanol–water partition coefficient (Wildman–Crippen LogP) is 4.15. The number of hydrogen-bond acceptors (Lipinski definition) is 4. The largest absolute Gasteiger partial charge is 0.490 e. The van der Waals surface area contributed by atoms with Crippen LogP contribution in [-0.2, 0) is 21.5 Å². The Morgan fingerprint density at radius 3 is 2.35 bits per heavy atom. The number of amides is 1. The molecule has 4 rings (SSSR count). The number of carboxylic acid groups (broad SMARTS) is 1. The summed E-state index contributed by atoms with van der Waals surface area (Å²) in [5, 5.41) is 11.5. The third-order valence-electron chi connectivity index (χ3n) is 6.10. The standard InChI is InChI=1S/C20H24N2OS.C2HF3O2/c1-16(23)22-11-9-20(18-5-3-2-4-6-18)8-10-21(14-19(20)22)13-17-7-12-24-15-17;3-2(4,5)1(6)7/h2-7,12,15,19H,8-11,13-14H2,1H3;(H,6,7). The molecule has 2 aromatic rings. The number of hydrogen-bond donors (Lipinski definition) is 1. The van der Waals surface area contributed by atoms with Gasteiger partial charge in [-0.25, -0.2) is 4.79 Å². The summed E-state index contributed by atoms with van der Waals surface area (Å²) in [7, 11) is 0. The van der Waals surface area contributed by atoms with E-state index in [2.05, 4.69) is 57.0 Å². The SMILES string of the molecule is CC(=O)N1CCC2(c3ccccc3)CCN(Cc3ccsc3)CC12.O=C(O)C(F)(F)F. The lowest BCUT2D eigenvalue weighted by Crippen LogP contribution is -2.56. The van der Waals surface area contributed by atoms with Crippen LogP contribution in [0.2, 0.25) is 0 Å². The molecular weight excluding hydrogens is 429 g/mol. The monoisotopic (exact) mass is 454 g/mol. The fourth-order valence-corrected chi connectivity index (χ4v) is 5.27. The Morgan fingerprint density at radius 2 is 1.81 bits per heavy atom. The highest BCUT2D eigenvalue weighted by molar-refractivity contribution is 7.07. The first-order valence-electron chi connectivity index (χ1n) is 10.00. The average Bonchev–Trinajstić information content (AvgIpc) is 3.36. The Balaban J connectivity index is 0.000000339. The van der Waals surface area contributed by atoms with Gasteiger partial charge in [0.2, 0.25) is 5.91 Å². The van der Waals surface area contributed by atoms with Crippen molar-refractivity contribution in [2.75, 3.05) is 19.6 Å². The molecule has 0 bridgehead atoms. The van der Waals surface area contributed by atoms with Gasteiger partial charge in [-0.1, -0.05) is 30.3 Å². The molecule has 5 nitrogen and oxygen atoms in total. The number of benzene rings is 1. The zero-order valence-corrected chi connectivity index (χ0v) is 18.0. The Bertz CT molecular complexity index is 889. The highest BCUT2D eigenvalue weighted by Crippen LogP contribution is 2.46. The number of thiophene rings is 1. The number of fused-ring (bicyclic) bond motifs is 1. The summed E-state index contributed by atoms with van der Waals surface area (Å²) in [5.41, 5.74) is 2.94. The predicted molar refractivity (Wildman–Crippen MR) is 112 cm³/mol. The first-order valence-corrected chi connectivity index (χ1v) is 10.9. The molecule has 0 saturated carbocycles. The maximum atomic E-state index is 12.2. The Labute approximate surface area is 183 Å². The van der Waals surface area contributed by atoms with Crippen molar-refractivity contribution in [3.63, 3.8) is 0 Å². The van der Waals surface area contributed by atoms with Gasteiger partial charge in [0.05, 0.1) is 6.04 Å². The van der Waals surface area contributed by atoms with Gasteiger partial charge in [-0.05, 0) is 47.3 Å². The molecule has 9 heteroatoms. The van der Waals surface area contributed by atoms with E-state index in [9.17, 15) is 18.0 Å². The van der Waals surface area contributed by atoms with Gasteiger partial charge >= 0.3 is 12.1 Å². The highest BCUT2D eigenvalue weighted by Gasteiger charge is 2.51. The van der Waals surface area contributed by atoms with Crippen molar-refractivity contribution in [3.8, 4) is 0 Å². The number of aliphatic carboxylic acids is 1. The molecule has 168 valence electrons. The molecule has 2 atom stereocenters. The molecule has 0 aliphatic carbocycles. The zero-order valence-electron chi connectivity index (χ0n) is 17.1. The van der Waals surface area contributed by atoms with Crippen LogP contribution in [0, 0.1) is 0 Å². The quantitative estimate of drug-likeness (QED) is 0.757. The second-order valence-corrected chi connectivity index (χ2v) is 8.70. The van der Waals surface area contributed by atoms with E-state index in [1.807, 2.05) is 0 Å². The molecule has 1 aromatic carbocycles. The van der Waals surface area contributed by atoms with E-state index in [4.69, 9.17) is 9.90 Å². The molecule has 2 saturated heterocycles. The number of likely N-dealkylation sites (tertiary alicyclic amines) is 2. The topological polar surface area (TPSA) is 60.9 Å². The van der Waals surface area contributed by atoms with Crippen molar-refractivity contribution in [3.05, 3.63) is 58.3 Å². The van der Waals surface area contributed by atoms with E-state index < -0.39 is 12.1 Å². The van der Waals surface area contributed by atoms with Gasteiger partial charge in [-0.15, -0.1) is 0 Å². The Hall–Kier alpha value is -2.39. The second kappa shape index (κ2) is 9.40.